The van der Waals surface area contributed by atoms with Gasteiger partial charge in [-0.1, -0.05) is 12.1 Å². The average Bonchev–Trinajstić information content (AvgIpc) is 3.22. The Morgan fingerprint density at radius 2 is 2.14 bits per heavy atom. The summed E-state index contributed by atoms with van der Waals surface area (Å²) in [6, 6.07) is 9.06. The first kappa shape index (κ1) is 19.1. The smallest absolute Gasteiger partial charge is 0.227 e. The van der Waals surface area contributed by atoms with Gasteiger partial charge in [-0.25, -0.2) is 0 Å². The fraction of sp³-hybridized carbons (Fsp3) is 0.333. The van der Waals surface area contributed by atoms with Crippen molar-refractivity contribution in [2.45, 2.75) is 31.4 Å². The van der Waals surface area contributed by atoms with Gasteiger partial charge in [0.05, 0.1) is 36.7 Å². The number of likely N-dealkylation sites (tertiary alicyclic amines) is 1. The lowest BCUT2D eigenvalue weighted by Gasteiger charge is -2.36. The van der Waals surface area contributed by atoms with Crippen molar-refractivity contribution >= 4 is 22.7 Å². The Labute approximate surface area is 167 Å². The highest BCUT2D eigenvalue weighted by Crippen LogP contribution is 2.16. The van der Waals surface area contributed by atoms with Crippen LogP contribution in [0.5, 0.6) is 0 Å². The summed E-state index contributed by atoms with van der Waals surface area (Å²) in [5.41, 5.74) is 2.57. The molecule has 0 radical (unpaired) electrons. The number of nitrogens with one attached hydrogen (secondary N) is 2. The molecule has 29 heavy (non-hydrogen) atoms. The quantitative estimate of drug-likeness (QED) is 0.594. The number of aliphatic hydroxyl groups is 1. The van der Waals surface area contributed by atoms with Gasteiger partial charge in [0, 0.05) is 30.9 Å². The van der Waals surface area contributed by atoms with Gasteiger partial charge in [0.1, 0.15) is 0 Å². The van der Waals surface area contributed by atoms with Crippen molar-refractivity contribution in [2.75, 3.05) is 13.1 Å². The second-order valence-corrected chi connectivity index (χ2v) is 7.36. The number of carbonyl (C=O) groups excluding carboxylic acids is 2. The molecule has 150 valence electrons. The molecule has 1 saturated heterocycles. The van der Waals surface area contributed by atoms with E-state index in [0.29, 0.717) is 19.5 Å². The molecule has 2 amide bonds. The van der Waals surface area contributed by atoms with Crippen LogP contribution in [0, 0.1) is 0 Å². The van der Waals surface area contributed by atoms with E-state index in [1.165, 1.54) is 0 Å². The van der Waals surface area contributed by atoms with Gasteiger partial charge in [0.15, 0.2) is 0 Å². The first-order chi connectivity index (χ1) is 14.1. The fourth-order valence-corrected chi connectivity index (χ4v) is 3.65. The number of aromatic nitrogens is 3. The molecule has 0 unspecified atom stereocenters. The third kappa shape index (κ3) is 4.60. The van der Waals surface area contributed by atoms with Crippen LogP contribution in [0.25, 0.3) is 10.9 Å². The Balaban J connectivity index is 1.36. The van der Waals surface area contributed by atoms with Crippen molar-refractivity contribution in [2.24, 2.45) is 0 Å². The number of piperidine rings is 1. The molecule has 0 saturated carbocycles. The maximum atomic E-state index is 12.5. The third-order valence-corrected chi connectivity index (χ3v) is 5.22. The largest absolute Gasteiger partial charge is 0.391 e. The number of hydrogen-bond acceptors (Lipinski definition) is 5. The van der Waals surface area contributed by atoms with Crippen LogP contribution in [0.3, 0.4) is 0 Å². The summed E-state index contributed by atoms with van der Waals surface area (Å²) in [4.78, 5) is 31.0. The number of rotatable bonds is 5. The Hall–Kier alpha value is -3.26. The van der Waals surface area contributed by atoms with Gasteiger partial charge in [-0.05, 0) is 35.7 Å². The summed E-state index contributed by atoms with van der Waals surface area (Å²) < 4.78 is 0. The summed E-state index contributed by atoms with van der Waals surface area (Å²) in [6.45, 7) is 0.771. The van der Waals surface area contributed by atoms with E-state index < -0.39 is 12.1 Å². The zero-order chi connectivity index (χ0) is 20.2. The summed E-state index contributed by atoms with van der Waals surface area (Å²) in [7, 11) is 0. The molecule has 0 spiro atoms. The van der Waals surface area contributed by atoms with Gasteiger partial charge in [-0.2, -0.15) is 5.10 Å². The van der Waals surface area contributed by atoms with Crippen molar-refractivity contribution in [1.29, 1.82) is 0 Å². The number of pyridine rings is 1. The molecule has 8 nitrogen and oxygen atoms in total. The normalized spacial score (nSPS) is 19.3. The number of aromatic amines is 1. The molecule has 8 heteroatoms. The lowest BCUT2D eigenvalue weighted by molar-refractivity contribution is -0.135. The lowest BCUT2D eigenvalue weighted by Crippen LogP contribution is -2.56. The van der Waals surface area contributed by atoms with Gasteiger partial charge in [0.25, 0.3) is 0 Å². The Bertz CT molecular complexity index is 1000. The molecule has 1 aliphatic heterocycles. The minimum Gasteiger partial charge on any atom is -0.391 e. The molecule has 3 N–H and O–H groups in total. The number of amides is 2. The van der Waals surface area contributed by atoms with Gasteiger partial charge in [-0.3, -0.25) is 19.7 Å². The number of fused-ring (bicyclic) bond motifs is 1. The van der Waals surface area contributed by atoms with Crippen LogP contribution in [0.4, 0.5) is 0 Å². The van der Waals surface area contributed by atoms with E-state index in [0.717, 1.165) is 22.0 Å². The molecular formula is C21H23N5O3. The van der Waals surface area contributed by atoms with Crippen molar-refractivity contribution in [3.63, 3.8) is 0 Å². The summed E-state index contributed by atoms with van der Waals surface area (Å²) in [5.74, 6) is -0.221. The molecule has 0 bridgehead atoms. The first-order valence-corrected chi connectivity index (χ1v) is 9.65. The number of H-pyrrole nitrogens is 1. The topological polar surface area (TPSA) is 111 Å². The first-order valence-electron chi connectivity index (χ1n) is 9.65. The second-order valence-electron chi connectivity index (χ2n) is 7.36. The van der Waals surface area contributed by atoms with E-state index in [1.807, 2.05) is 30.3 Å². The van der Waals surface area contributed by atoms with Crippen LogP contribution in [0.2, 0.25) is 0 Å². The predicted molar refractivity (Wildman–Crippen MR) is 107 cm³/mol. The number of benzene rings is 1. The average molecular weight is 393 g/mol. The van der Waals surface area contributed by atoms with E-state index in [1.54, 1.807) is 23.5 Å². The maximum absolute atomic E-state index is 12.5. The van der Waals surface area contributed by atoms with Crippen LogP contribution >= 0.6 is 0 Å². The molecule has 1 fully saturated rings. The van der Waals surface area contributed by atoms with E-state index in [-0.39, 0.29) is 24.7 Å². The molecule has 1 aliphatic rings. The molecular weight excluding hydrogens is 370 g/mol. The minimum absolute atomic E-state index is 0.0421. The third-order valence-electron chi connectivity index (χ3n) is 5.22. The molecule has 2 atom stereocenters. The van der Waals surface area contributed by atoms with Crippen molar-refractivity contribution < 1.29 is 14.7 Å². The predicted octanol–water partition coefficient (Wildman–Crippen LogP) is 0.821. The number of aliphatic hydroxyl groups excluding tert-OH is 1. The van der Waals surface area contributed by atoms with Crippen LogP contribution in [0.15, 0.2) is 48.9 Å². The van der Waals surface area contributed by atoms with E-state index in [4.69, 9.17) is 0 Å². The maximum Gasteiger partial charge on any atom is 0.227 e. The summed E-state index contributed by atoms with van der Waals surface area (Å²) in [6.07, 6.45) is 5.26. The Morgan fingerprint density at radius 1 is 1.24 bits per heavy atom. The molecule has 3 aromatic rings. The standard InChI is InChI=1S/C21H23N5O3/c27-19-5-7-26(21(29)10-15-11-23-24-12-15)13-18(19)25-20(28)9-14-3-4-17-16(8-14)2-1-6-22-17/h1-4,6,8,11-12,18-19,27H,5,7,9-10,13H2,(H,23,24)(H,25,28)/t18-,19-/m1/s1. The Kier molecular flexibility index (Phi) is 5.53. The van der Waals surface area contributed by atoms with Crippen LogP contribution < -0.4 is 5.32 Å². The Morgan fingerprint density at radius 3 is 2.97 bits per heavy atom. The molecule has 0 aliphatic carbocycles. The lowest BCUT2D eigenvalue weighted by atomic mass is 10.0. The van der Waals surface area contributed by atoms with E-state index >= 15 is 0 Å². The van der Waals surface area contributed by atoms with Gasteiger partial charge < -0.3 is 15.3 Å². The highest BCUT2D eigenvalue weighted by atomic mass is 16.3. The zero-order valence-corrected chi connectivity index (χ0v) is 15.9. The van der Waals surface area contributed by atoms with Crippen molar-refractivity contribution in [3.8, 4) is 0 Å². The zero-order valence-electron chi connectivity index (χ0n) is 15.9. The van der Waals surface area contributed by atoms with Gasteiger partial charge in [-0.15, -0.1) is 0 Å². The fourth-order valence-electron chi connectivity index (χ4n) is 3.65. The molecule has 1 aromatic carbocycles. The van der Waals surface area contributed by atoms with Crippen LogP contribution in [0.1, 0.15) is 17.5 Å². The highest BCUT2D eigenvalue weighted by Gasteiger charge is 2.31. The monoisotopic (exact) mass is 393 g/mol. The number of nitrogens with zero attached hydrogens (tertiary/aromatic N) is 3. The molecule has 2 aromatic heterocycles. The van der Waals surface area contributed by atoms with Crippen molar-refractivity contribution in [1.82, 2.24) is 25.4 Å². The molecule has 4 rings (SSSR count). The minimum atomic E-state index is -0.669. The molecule has 3 heterocycles. The summed E-state index contributed by atoms with van der Waals surface area (Å²) in [5, 5.41) is 20.7. The van der Waals surface area contributed by atoms with E-state index in [9.17, 15) is 14.7 Å². The number of hydrogen-bond donors (Lipinski definition) is 3. The highest BCUT2D eigenvalue weighted by molar-refractivity contribution is 5.83. The number of carbonyl (C=O) groups is 2. The van der Waals surface area contributed by atoms with E-state index in [2.05, 4.69) is 20.5 Å². The van der Waals surface area contributed by atoms with Crippen molar-refractivity contribution in [3.05, 3.63) is 60.0 Å². The van der Waals surface area contributed by atoms with Gasteiger partial charge in [0.2, 0.25) is 11.8 Å². The van der Waals surface area contributed by atoms with Crippen LogP contribution in [-0.2, 0) is 22.4 Å². The van der Waals surface area contributed by atoms with Gasteiger partial charge >= 0.3 is 0 Å². The SMILES string of the molecule is O=C(Cc1ccc2ncccc2c1)N[C@@H]1CN(C(=O)Cc2cn[nH]c2)CC[C@H]1O. The second kappa shape index (κ2) is 8.40. The van der Waals surface area contributed by atoms with Crippen LogP contribution in [-0.4, -0.2) is 62.2 Å². The summed E-state index contributed by atoms with van der Waals surface area (Å²) >= 11 is 0.